The zero-order valence-corrected chi connectivity index (χ0v) is 7.61. The van der Waals surface area contributed by atoms with E-state index in [1.807, 2.05) is 10.6 Å². The lowest BCUT2D eigenvalue weighted by atomic mass is 10.3. The van der Waals surface area contributed by atoms with Gasteiger partial charge in [-0.15, -0.1) is 21.8 Å². The SMILES string of the molecule is ClCc1nncn1Cc1ccoc1. The monoisotopic (exact) mass is 197 g/mol. The van der Waals surface area contributed by atoms with Crippen molar-refractivity contribution in [1.82, 2.24) is 14.8 Å². The average Bonchev–Trinajstić information content (AvgIpc) is 2.76. The lowest BCUT2D eigenvalue weighted by Gasteiger charge is -2.00. The molecule has 0 aliphatic rings. The zero-order chi connectivity index (χ0) is 9.10. The van der Waals surface area contributed by atoms with E-state index in [-0.39, 0.29) is 0 Å². The maximum absolute atomic E-state index is 5.67. The molecular formula is C8H8ClN3O. The maximum Gasteiger partial charge on any atom is 0.148 e. The highest BCUT2D eigenvalue weighted by Crippen LogP contribution is 2.06. The maximum atomic E-state index is 5.67. The van der Waals surface area contributed by atoms with E-state index in [0.717, 1.165) is 11.4 Å². The Labute approximate surface area is 80.1 Å². The number of rotatable bonds is 3. The van der Waals surface area contributed by atoms with Gasteiger partial charge in [-0.3, -0.25) is 0 Å². The van der Waals surface area contributed by atoms with Crippen LogP contribution in [0.5, 0.6) is 0 Å². The molecule has 2 aromatic rings. The van der Waals surface area contributed by atoms with E-state index in [1.54, 1.807) is 18.9 Å². The molecule has 0 saturated carbocycles. The van der Waals surface area contributed by atoms with Gasteiger partial charge in [0, 0.05) is 5.56 Å². The molecule has 2 rings (SSSR count). The van der Waals surface area contributed by atoms with Crippen molar-refractivity contribution >= 4 is 11.6 Å². The highest BCUT2D eigenvalue weighted by molar-refractivity contribution is 6.16. The van der Waals surface area contributed by atoms with Crippen molar-refractivity contribution in [3.8, 4) is 0 Å². The summed E-state index contributed by atoms with van der Waals surface area (Å²) in [6, 6.07) is 1.90. The van der Waals surface area contributed by atoms with Crippen molar-refractivity contribution in [2.24, 2.45) is 0 Å². The Morgan fingerprint density at radius 1 is 1.54 bits per heavy atom. The van der Waals surface area contributed by atoms with Gasteiger partial charge in [-0.2, -0.15) is 0 Å². The Morgan fingerprint density at radius 2 is 2.46 bits per heavy atom. The molecule has 0 atom stereocenters. The molecule has 4 nitrogen and oxygen atoms in total. The smallest absolute Gasteiger partial charge is 0.148 e. The van der Waals surface area contributed by atoms with Gasteiger partial charge in [-0.05, 0) is 6.07 Å². The van der Waals surface area contributed by atoms with Crippen LogP contribution < -0.4 is 0 Å². The van der Waals surface area contributed by atoms with E-state index < -0.39 is 0 Å². The molecule has 0 fully saturated rings. The van der Waals surface area contributed by atoms with Crippen LogP contribution in [0.25, 0.3) is 0 Å². The van der Waals surface area contributed by atoms with Crippen molar-refractivity contribution < 1.29 is 4.42 Å². The van der Waals surface area contributed by atoms with Gasteiger partial charge in [-0.1, -0.05) is 0 Å². The second kappa shape index (κ2) is 3.62. The minimum absolute atomic E-state index is 0.373. The third-order valence-electron chi connectivity index (χ3n) is 1.75. The fourth-order valence-electron chi connectivity index (χ4n) is 1.09. The third-order valence-corrected chi connectivity index (χ3v) is 1.99. The molecule has 5 heteroatoms. The van der Waals surface area contributed by atoms with Gasteiger partial charge in [0.2, 0.25) is 0 Å². The number of aromatic nitrogens is 3. The molecule has 0 unspecified atom stereocenters. The molecule has 0 N–H and O–H groups in total. The highest BCUT2D eigenvalue weighted by atomic mass is 35.5. The van der Waals surface area contributed by atoms with Crippen molar-refractivity contribution in [3.63, 3.8) is 0 Å². The summed E-state index contributed by atoms with van der Waals surface area (Å²) in [6.45, 7) is 0.700. The molecule has 0 amide bonds. The molecule has 0 aromatic carbocycles. The molecular weight excluding hydrogens is 190 g/mol. The molecule has 0 aliphatic carbocycles. The van der Waals surface area contributed by atoms with E-state index in [0.29, 0.717) is 12.4 Å². The highest BCUT2D eigenvalue weighted by Gasteiger charge is 2.03. The molecule has 0 aliphatic heterocycles. The fraction of sp³-hybridized carbons (Fsp3) is 0.250. The minimum atomic E-state index is 0.373. The Bertz CT molecular complexity index is 368. The van der Waals surface area contributed by atoms with Crippen LogP contribution in [-0.4, -0.2) is 14.8 Å². The number of hydrogen-bond acceptors (Lipinski definition) is 3. The van der Waals surface area contributed by atoms with Crippen LogP contribution >= 0.6 is 11.6 Å². The minimum Gasteiger partial charge on any atom is -0.472 e. The number of nitrogens with zero attached hydrogens (tertiary/aromatic N) is 3. The van der Waals surface area contributed by atoms with Crippen molar-refractivity contribution in [1.29, 1.82) is 0 Å². The van der Waals surface area contributed by atoms with E-state index in [4.69, 9.17) is 16.0 Å². The zero-order valence-electron chi connectivity index (χ0n) is 6.85. The van der Waals surface area contributed by atoms with Crippen LogP contribution in [0.15, 0.2) is 29.3 Å². The molecule has 0 spiro atoms. The van der Waals surface area contributed by atoms with E-state index in [2.05, 4.69) is 10.2 Å². The van der Waals surface area contributed by atoms with Crippen molar-refractivity contribution in [2.75, 3.05) is 0 Å². The summed E-state index contributed by atoms with van der Waals surface area (Å²) in [4.78, 5) is 0. The first-order valence-electron chi connectivity index (χ1n) is 3.84. The average molecular weight is 198 g/mol. The second-order valence-corrected chi connectivity index (χ2v) is 2.91. The number of furan rings is 1. The Morgan fingerprint density at radius 3 is 3.15 bits per heavy atom. The van der Waals surface area contributed by atoms with E-state index >= 15 is 0 Å². The third kappa shape index (κ3) is 1.72. The topological polar surface area (TPSA) is 43.9 Å². The molecule has 0 radical (unpaired) electrons. The van der Waals surface area contributed by atoms with Crippen LogP contribution in [0.2, 0.25) is 0 Å². The quantitative estimate of drug-likeness (QED) is 0.703. The molecule has 0 bridgehead atoms. The van der Waals surface area contributed by atoms with Crippen molar-refractivity contribution in [2.45, 2.75) is 12.4 Å². The largest absolute Gasteiger partial charge is 0.472 e. The van der Waals surface area contributed by atoms with Gasteiger partial charge in [0.25, 0.3) is 0 Å². The van der Waals surface area contributed by atoms with Gasteiger partial charge in [-0.25, -0.2) is 0 Å². The fourth-order valence-corrected chi connectivity index (χ4v) is 1.30. The molecule has 2 aromatic heterocycles. The standard InChI is InChI=1S/C8H8ClN3O/c9-3-8-11-10-6-12(8)4-7-1-2-13-5-7/h1-2,5-6H,3-4H2. The molecule has 0 saturated heterocycles. The van der Waals surface area contributed by atoms with Gasteiger partial charge in [0.15, 0.2) is 0 Å². The summed E-state index contributed by atoms with van der Waals surface area (Å²) < 4.78 is 6.84. The number of alkyl halides is 1. The Balaban J connectivity index is 2.18. The van der Waals surface area contributed by atoms with Crippen LogP contribution in [0, 0.1) is 0 Å². The van der Waals surface area contributed by atoms with Gasteiger partial charge in [0.05, 0.1) is 25.0 Å². The predicted molar refractivity (Wildman–Crippen MR) is 47.4 cm³/mol. The first kappa shape index (κ1) is 8.31. The number of hydrogen-bond donors (Lipinski definition) is 0. The van der Waals surface area contributed by atoms with Gasteiger partial charge >= 0.3 is 0 Å². The van der Waals surface area contributed by atoms with Crippen molar-refractivity contribution in [3.05, 3.63) is 36.3 Å². The summed E-state index contributed by atoms with van der Waals surface area (Å²) in [5.74, 6) is 1.14. The van der Waals surface area contributed by atoms with Crippen LogP contribution in [0.1, 0.15) is 11.4 Å². The Hall–Kier alpha value is -1.29. The van der Waals surface area contributed by atoms with Crippen LogP contribution in [0.3, 0.4) is 0 Å². The number of halogens is 1. The van der Waals surface area contributed by atoms with Crippen LogP contribution in [0.4, 0.5) is 0 Å². The second-order valence-electron chi connectivity index (χ2n) is 2.64. The van der Waals surface area contributed by atoms with Gasteiger partial charge in [0.1, 0.15) is 12.2 Å². The summed E-state index contributed by atoms with van der Waals surface area (Å²) in [7, 11) is 0. The summed E-state index contributed by atoms with van der Waals surface area (Å²) in [5.41, 5.74) is 1.08. The van der Waals surface area contributed by atoms with Crippen LogP contribution in [-0.2, 0) is 12.4 Å². The summed E-state index contributed by atoms with van der Waals surface area (Å²) in [6.07, 6.45) is 4.99. The normalized spacial score (nSPS) is 10.5. The lowest BCUT2D eigenvalue weighted by molar-refractivity contribution is 0.561. The summed E-state index contributed by atoms with van der Waals surface area (Å²) in [5, 5.41) is 7.64. The lowest BCUT2D eigenvalue weighted by Crippen LogP contribution is -2.01. The van der Waals surface area contributed by atoms with Gasteiger partial charge < -0.3 is 8.98 Å². The predicted octanol–water partition coefficient (Wildman–Crippen LogP) is 1.66. The summed E-state index contributed by atoms with van der Waals surface area (Å²) >= 11 is 5.67. The molecule has 68 valence electrons. The van der Waals surface area contributed by atoms with E-state index in [9.17, 15) is 0 Å². The Kier molecular flexibility index (Phi) is 2.31. The first-order chi connectivity index (χ1) is 6.40. The first-order valence-corrected chi connectivity index (χ1v) is 4.37. The molecule has 13 heavy (non-hydrogen) atoms. The van der Waals surface area contributed by atoms with E-state index in [1.165, 1.54) is 0 Å². The molecule has 2 heterocycles.